The van der Waals surface area contributed by atoms with Crippen LogP contribution in [0.25, 0.3) is 0 Å². The summed E-state index contributed by atoms with van der Waals surface area (Å²) in [6.07, 6.45) is 1.48. The molecule has 0 aliphatic rings. The Labute approximate surface area is 114 Å². The maximum atomic E-state index is 14.0. The van der Waals surface area contributed by atoms with Crippen molar-refractivity contribution in [2.75, 3.05) is 7.11 Å². The van der Waals surface area contributed by atoms with Crippen molar-refractivity contribution < 1.29 is 9.13 Å². The summed E-state index contributed by atoms with van der Waals surface area (Å²) in [5.74, 6) is 0.711. The number of ether oxygens (including phenoxy) is 1. The minimum atomic E-state index is -0.113. The Hall–Kier alpha value is -1.83. The van der Waals surface area contributed by atoms with Gasteiger partial charge in [-0.3, -0.25) is 0 Å². The molecule has 0 aromatic heterocycles. The Morgan fingerprint density at radius 2 is 1.68 bits per heavy atom. The van der Waals surface area contributed by atoms with E-state index in [1.807, 2.05) is 37.3 Å². The van der Waals surface area contributed by atoms with Gasteiger partial charge >= 0.3 is 0 Å². The monoisotopic (exact) mass is 258 g/mol. The fraction of sp³-hybridized carbons (Fsp3) is 0.294. The normalized spacial score (nSPS) is 10.5. The van der Waals surface area contributed by atoms with Gasteiger partial charge < -0.3 is 4.74 Å². The molecule has 19 heavy (non-hydrogen) atoms. The lowest BCUT2D eigenvalue weighted by atomic mass is 9.94. The first-order valence-electron chi connectivity index (χ1n) is 6.55. The fourth-order valence-electron chi connectivity index (χ4n) is 2.41. The number of hydrogen-bond acceptors (Lipinski definition) is 1. The van der Waals surface area contributed by atoms with Crippen LogP contribution < -0.4 is 4.74 Å². The summed E-state index contributed by atoms with van der Waals surface area (Å²) in [5, 5.41) is 0. The first kappa shape index (κ1) is 13.6. The zero-order valence-corrected chi connectivity index (χ0v) is 11.7. The molecule has 0 fully saturated rings. The Kier molecular flexibility index (Phi) is 4.20. The Morgan fingerprint density at radius 3 is 2.26 bits per heavy atom. The zero-order valence-electron chi connectivity index (χ0n) is 11.7. The minimum absolute atomic E-state index is 0.113. The number of halogens is 1. The molecule has 2 rings (SSSR count). The first-order valence-corrected chi connectivity index (χ1v) is 6.55. The molecule has 0 saturated heterocycles. The van der Waals surface area contributed by atoms with E-state index < -0.39 is 0 Å². The van der Waals surface area contributed by atoms with E-state index in [1.165, 1.54) is 0 Å². The molecule has 0 aliphatic carbocycles. The van der Waals surface area contributed by atoms with Crippen LogP contribution in [0.1, 0.15) is 29.2 Å². The van der Waals surface area contributed by atoms with E-state index in [1.54, 1.807) is 13.2 Å². The summed E-state index contributed by atoms with van der Waals surface area (Å²) >= 11 is 0. The number of methoxy groups -OCH3 is 1. The second-order valence-electron chi connectivity index (χ2n) is 4.70. The average Bonchev–Trinajstić information content (AvgIpc) is 2.44. The second-order valence-corrected chi connectivity index (χ2v) is 4.70. The van der Waals surface area contributed by atoms with E-state index in [0.29, 0.717) is 6.42 Å². The van der Waals surface area contributed by atoms with Crippen molar-refractivity contribution in [2.24, 2.45) is 0 Å². The molecule has 2 aromatic carbocycles. The van der Waals surface area contributed by atoms with Crippen molar-refractivity contribution in [1.29, 1.82) is 0 Å². The molecule has 0 amide bonds. The quantitative estimate of drug-likeness (QED) is 0.794. The number of benzene rings is 2. The SMILES string of the molecule is CCc1c(C)ccc(F)c1Cc1ccc(OC)cc1. The van der Waals surface area contributed by atoms with Crippen LogP contribution in [-0.4, -0.2) is 7.11 Å². The van der Waals surface area contributed by atoms with Crippen molar-refractivity contribution >= 4 is 0 Å². The third-order valence-electron chi connectivity index (χ3n) is 3.50. The van der Waals surface area contributed by atoms with Crippen LogP contribution >= 0.6 is 0 Å². The predicted molar refractivity (Wildman–Crippen MR) is 76.3 cm³/mol. The van der Waals surface area contributed by atoms with Crippen LogP contribution in [-0.2, 0) is 12.8 Å². The van der Waals surface area contributed by atoms with Crippen LogP contribution in [0.5, 0.6) is 5.75 Å². The fourth-order valence-corrected chi connectivity index (χ4v) is 2.41. The lowest BCUT2D eigenvalue weighted by Gasteiger charge is -2.12. The molecule has 0 saturated carbocycles. The third kappa shape index (κ3) is 2.95. The van der Waals surface area contributed by atoms with Gasteiger partial charge in [0, 0.05) is 6.42 Å². The topological polar surface area (TPSA) is 9.23 Å². The van der Waals surface area contributed by atoms with Crippen molar-refractivity contribution in [2.45, 2.75) is 26.7 Å². The first-order chi connectivity index (χ1) is 9.15. The van der Waals surface area contributed by atoms with Gasteiger partial charge in [-0.25, -0.2) is 4.39 Å². The molecule has 2 aromatic rings. The van der Waals surface area contributed by atoms with Crippen LogP contribution in [0.15, 0.2) is 36.4 Å². The molecule has 1 nitrogen and oxygen atoms in total. The van der Waals surface area contributed by atoms with Gasteiger partial charge in [0.2, 0.25) is 0 Å². The molecule has 100 valence electrons. The molecule has 2 heteroatoms. The third-order valence-corrected chi connectivity index (χ3v) is 3.50. The Morgan fingerprint density at radius 1 is 1.00 bits per heavy atom. The molecule has 0 unspecified atom stereocenters. The molecule has 0 N–H and O–H groups in total. The van der Waals surface area contributed by atoms with Crippen molar-refractivity contribution in [1.82, 2.24) is 0 Å². The van der Waals surface area contributed by atoms with Gasteiger partial charge in [-0.2, -0.15) is 0 Å². The van der Waals surface area contributed by atoms with E-state index >= 15 is 0 Å². The maximum absolute atomic E-state index is 14.0. The summed E-state index contributed by atoms with van der Waals surface area (Å²) < 4.78 is 19.2. The lowest BCUT2D eigenvalue weighted by molar-refractivity contribution is 0.414. The molecule has 0 spiro atoms. The zero-order chi connectivity index (χ0) is 13.8. The number of rotatable bonds is 4. The predicted octanol–water partition coefficient (Wildman–Crippen LogP) is 4.30. The summed E-state index contributed by atoms with van der Waals surface area (Å²) in [6, 6.07) is 11.2. The number of aryl methyl sites for hydroxylation is 1. The lowest BCUT2D eigenvalue weighted by Crippen LogP contribution is -2.01. The summed E-state index contributed by atoms with van der Waals surface area (Å²) in [4.78, 5) is 0. The van der Waals surface area contributed by atoms with Crippen LogP contribution in [0.3, 0.4) is 0 Å². The highest BCUT2D eigenvalue weighted by molar-refractivity contribution is 5.40. The summed E-state index contributed by atoms with van der Waals surface area (Å²) in [6.45, 7) is 4.11. The molecule has 0 bridgehead atoms. The van der Waals surface area contributed by atoms with E-state index in [4.69, 9.17) is 4.74 Å². The van der Waals surface area contributed by atoms with Crippen LogP contribution in [0, 0.1) is 12.7 Å². The summed E-state index contributed by atoms with van der Waals surface area (Å²) in [5.41, 5.74) is 4.19. The van der Waals surface area contributed by atoms with Gasteiger partial charge in [0.15, 0.2) is 0 Å². The van der Waals surface area contributed by atoms with Gasteiger partial charge in [-0.05, 0) is 53.8 Å². The number of hydrogen-bond donors (Lipinski definition) is 0. The molecular formula is C17H19FO. The van der Waals surface area contributed by atoms with Gasteiger partial charge in [-0.15, -0.1) is 0 Å². The molecular weight excluding hydrogens is 239 g/mol. The van der Waals surface area contributed by atoms with E-state index in [2.05, 4.69) is 6.92 Å². The molecule has 0 heterocycles. The molecule has 0 aliphatic heterocycles. The molecule has 0 atom stereocenters. The van der Waals surface area contributed by atoms with E-state index in [9.17, 15) is 4.39 Å². The summed E-state index contributed by atoms with van der Waals surface area (Å²) in [7, 11) is 1.64. The van der Waals surface area contributed by atoms with E-state index in [0.717, 1.165) is 34.4 Å². The van der Waals surface area contributed by atoms with Gasteiger partial charge in [0.05, 0.1) is 7.11 Å². The van der Waals surface area contributed by atoms with Crippen LogP contribution in [0.4, 0.5) is 4.39 Å². The Balaban J connectivity index is 2.34. The van der Waals surface area contributed by atoms with Gasteiger partial charge in [0.25, 0.3) is 0 Å². The average molecular weight is 258 g/mol. The second kappa shape index (κ2) is 5.87. The highest BCUT2D eigenvalue weighted by Crippen LogP contribution is 2.23. The highest BCUT2D eigenvalue weighted by Gasteiger charge is 2.10. The van der Waals surface area contributed by atoms with Gasteiger partial charge in [0.1, 0.15) is 11.6 Å². The van der Waals surface area contributed by atoms with Crippen molar-refractivity contribution in [3.63, 3.8) is 0 Å². The van der Waals surface area contributed by atoms with Crippen LogP contribution in [0.2, 0.25) is 0 Å². The minimum Gasteiger partial charge on any atom is -0.497 e. The maximum Gasteiger partial charge on any atom is 0.127 e. The highest BCUT2D eigenvalue weighted by atomic mass is 19.1. The van der Waals surface area contributed by atoms with E-state index in [-0.39, 0.29) is 5.82 Å². The van der Waals surface area contributed by atoms with Crippen molar-refractivity contribution in [3.05, 3.63) is 64.5 Å². The largest absolute Gasteiger partial charge is 0.497 e. The van der Waals surface area contributed by atoms with Gasteiger partial charge in [-0.1, -0.05) is 25.1 Å². The molecule has 0 radical (unpaired) electrons. The standard InChI is InChI=1S/C17H19FO/c1-4-15-12(2)5-10-17(18)16(15)11-13-6-8-14(19-3)9-7-13/h5-10H,4,11H2,1-3H3. The smallest absolute Gasteiger partial charge is 0.127 e. The van der Waals surface area contributed by atoms with Crippen molar-refractivity contribution in [3.8, 4) is 5.75 Å². The Bertz CT molecular complexity index is 558.